The van der Waals surface area contributed by atoms with Crippen molar-refractivity contribution in [2.75, 3.05) is 13.2 Å². The molecule has 0 radical (unpaired) electrons. The summed E-state index contributed by atoms with van der Waals surface area (Å²) in [7, 11) is 0. The highest BCUT2D eigenvalue weighted by molar-refractivity contribution is 5.02. The Morgan fingerprint density at radius 2 is 2.00 bits per heavy atom. The summed E-state index contributed by atoms with van der Waals surface area (Å²) in [5, 5.41) is 3.81. The van der Waals surface area contributed by atoms with Crippen molar-refractivity contribution in [1.29, 1.82) is 0 Å². The maximum atomic E-state index is 5.79. The summed E-state index contributed by atoms with van der Waals surface area (Å²) >= 11 is 0. The molecule has 0 bridgehead atoms. The van der Waals surface area contributed by atoms with Crippen LogP contribution in [-0.2, 0) is 4.74 Å². The normalized spacial score (nSPS) is 39.3. The van der Waals surface area contributed by atoms with Gasteiger partial charge in [-0.3, -0.25) is 0 Å². The molecule has 0 aliphatic heterocycles. The van der Waals surface area contributed by atoms with Crippen LogP contribution in [0.4, 0.5) is 0 Å². The van der Waals surface area contributed by atoms with Crippen LogP contribution in [0.15, 0.2) is 0 Å². The second-order valence-corrected chi connectivity index (χ2v) is 7.10. The Bertz CT molecular complexity index is 264. The Labute approximate surface area is 113 Å². The third-order valence-electron chi connectivity index (χ3n) is 5.24. The van der Waals surface area contributed by atoms with Gasteiger partial charge in [0, 0.05) is 18.1 Å². The minimum absolute atomic E-state index is 0.316. The van der Waals surface area contributed by atoms with Crippen LogP contribution in [0.1, 0.15) is 59.8 Å². The zero-order valence-electron chi connectivity index (χ0n) is 12.7. The van der Waals surface area contributed by atoms with Gasteiger partial charge < -0.3 is 10.1 Å². The van der Waals surface area contributed by atoms with Crippen LogP contribution < -0.4 is 5.32 Å². The molecule has 18 heavy (non-hydrogen) atoms. The number of ether oxygens (including phenoxy) is 1. The molecule has 2 saturated carbocycles. The lowest BCUT2D eigenvalue weighted by atomic mass is 9.64. The van der Waals surface area contributed by atoms with Crippen molar-refractivity contribution < 1.29 is 4.74 Å². The van der Waals surface area contributed by atoms with E-state index in [1.807, 2.05) is 0 Å². The monoisotopic (exact) mass is 253 g/mol. The minimum atomic E-state index is 0.316. The van der Waals surface area contributed by atoms with Gasteiger partial charge in [-0.1, -0.05) is 33.6 Å². The molecule has 1 N–H and O–H groups in total. The molecule has 106 valence electrons. The van der Waals surface area contributed by atoms with Crippen molar-refractivity contribution in [3.8, 4) is 0 Å². The highest BCUT2D eigenvalue weighted by Gasteiger charge is 2.48. The summed E-state index contributed by atoms with van der Waals surface area (Å²) in [6.45, 7) is 11.3. The summed E-state index contributed by atoms with van der Waals surface area (Å²) in [6, 6.07) is 0.659. The van der Waals surface area contributed by atoms with Crippen LogP contribution in [0.3, 0.4) is 0 Å². The van der Waals surface area contributed by atoms with Crippen LogP contribution >= 0.6 is 0 Å². The maximum Gasteiger partial charge on any atom is 0.0655 e. The van der Waals surface area contributed by atoms with Gasteiger partial charge in [-0.2, -0.15) is 0 Å². The van der Waals surface area contributed by atoms with Crippen LogP contribution in [0.2, 0.25) is 0 Å². The average molecular weight is 253 g/mol. The first-order chi connectivity index (χ1) is 8.54. The molecule has 0 heterocycles. The lowest BCUT2D eigenvalue weighted by molar-refractivity contribution is -0.114. The van der Waals surface area contributed by atoms with Gasteiger partial charge in [0.15, 0.2) is 0 Å². The first kappa shape index (κ1) is 14.3. The molecule has 0 saturated heterocycles. The smallest absolute Gasteiger partial charge is 0.0655 e. The molecule has 2 aliphatic rings. The summed E-state index contributed by atoms with van der Waals surface area (Å²) in [5.74, 6) is 1.85. The minimum Gasteiger partial charge on any atom is -0.378 e. The fraction of sp³-hybridized carbons (Fsp3) is 1.00. The fourth-order valence-corrected chi connectivity index (χ4v) is 3.77. The van der Waals surface area contributed by atoms with Crippen molar-refractivity contribution in [2.24, 2.45) is 17.3 Å². The van der Waals surface area contributed by atoms with E-state index in [2.05, 4.69) is 33.0 Å². The Balaban J connectivity index is 1.71. The van der Waals surface area contributed by atoms with Gasteiger partial charge in [-0.05, 0) is 44.6 Å². The van der Waals surface area contributed by atoms with E-state index in [1.165, 1.54) is 38.6 Å². The van der Waals surface area contributed by atoms with Crippen LogP contribution in [0.25, 0.3) is 0 Å². The largest absolute Gasteiger partial charge is 0.378 e. The zero-order chi connectivity index (χ0) is 13.2. The fourth-order valence-electron chi connectivity index (χ4n) is 3.77. The third kappa shape index (κ3) is 3.08. The molecule has 4 unspecified atom stereocenters. The molecule has 0 aromatic carbocycles. The molecular formula is C16H31NO. The second-order valence-electron chi connectivity index (χ2n) is 7.10. The number of hydrogen-bond acceptors (Lipinski definition) is 2. The van der Waals surface area contributed by atoms with E-state index in [0.717, 1.165) is 18.4 Å². The molecule has 0 spiro atoms. The van der Waals surface area contributed by atoms with Crippen molar-refractivity contribution in [3.05, 3.63) is 0 Å². The SMILES string of the molecule is CCOC1CC(NCC2CCCC(C)C2)C1(C)C. The summed E-state index contributed by atoms with van der Waals surface area (Å²) in [6.07, 6.45) is 7.39. The van der Waals surface area contributed by atoms with E-state index in [0.29, 0.717) is 17.6 Å². The van der Waals surface area contributed by atoms with Crippen LogP contribution in [0.5, 0.6) is 0 Å². The molecule has 0 aromatic rings. The lowest BCUT2D eigenvalue weighted by Gasteiger charge is -2.52. The van der Waals surface area contributed by atoms with Gasteiger partial charge >= 0.3 is 0 Å². The second kappa shape index (κ2) is 5.92. The number of hydrogen-bond donors (Lipinski definition) is 1. The molecule has 2 fully saturated rings. The van der Waals surface area contributed by atoms with E-state index in [9.17, 15) is 0 Å². The van der Waals surface area contributed by atoms with Gasteiger partial charge in [0.25, 0.3) is 0 Å². The Hall–Kier alpha value is -0.0800. The van der Waals surface area contributed by atoms with Gasteiger partial charge in [0.2, 0.25) is 0 Å². The predicted molar refractivity (Wildman–Crippen MR) is 76.7 cm³/mol. The summed E-state index contributed by atoms with van der Waals surface area (Å²) < 4.78 is 5.79. The first-order valence-corrected chi connectivity index (χ1v) is 7.89. The quantitative estimate of drug-likeness (QED) is 0.808. The number of rotatable bonds is 5. The van der Waals surface area contributed by atoms with Gasteiger partial charge in [0.1, 0.15) is 0 Å². The lowest BCUT2D eigenvalue weighted by Crippen LogP contribution is -2.61. The Morgan fingerprint density at radius 3 is 2.61 bits per heavy atom. The molecule has 2 nitrogen and oxygen atoms in total. The molecule has 2 aliphatic carbocycles. The van der Waals surface area contributed by atoms with Gasteiger partial charge in [-0.15, -0.1) is 0 Å². The van der Waals surface area contributed by atoms with Crippen molar-refractivity contribution in [1.82, 2.24) is 5.32 Å². The average Bonchev–Trinajstić information content (AvgIpc) is 2.33. The molecule has 2 rings (SSSR count). The van der Waals surface area contributed by atoms with E-state index >= 15 is 0 Å². The molecule has 0 amide bonds. The highest BCUT2D eigenvalue weighted by atomic mass is 16.5. The topological polar surface area (TPSA) is 21.3 Å². The third-order valence-corrected chi connectivity index (χ3v) is 5.24. The van der Waals surface area contributed by atoms with E-state index in [1.54, 1.807) is 0 Å². The van der Waals surface area contributed by atoms with E-state index in [4.69, 9.17) is 4.74 Å². The van der Waals surface area contributed by atoms with Crippen LogP contribution in [-0.4, -0.2) is 25.3 Å². The molecule has 2 heteroatoms. The predicted octanol–water partition coefficient (Wildman–Crippen LogP) is 3.61. The highest BCUT2D eigenvalue weighted by Crippen LogP contribution is 2.43. The number of nitrogens with one attached hydrogen (secondary N) is 1. The Kier molecular flexibility index (Phi) is 4.71. The molecule has 0 aromatic heterocycles. The van der Waals surface area contributed by atoms with Gasteiger partial charge in [0.05, 0.1) is 6.10 Å². The maximum absolute atomic E-state index is 5.79. The molecular weight excluding hydrogens is 222 g/mol. The molecule has 4 atom stereocenters. The zero-order valence-corrected chi connectivity index (χ0v) is 12.7. The van der Waals surface area contributed by atoms with Crippen molar-refractivity contribution >= 4 is 0 Å². The van der Waals surface area contributed by atoms with E-state index < -0.39 is 0 Å². The summed E-state index contributed by atoms with van der Waals surface area (Å²) in [5.41, 5.74) is 0.316. The van der Waals surface area contributed by atoms with Crippen molar-refractivity contribution in [2.45, 2.75) is 71.9 Å². The van der Waals surface area contributed by atoms with Crippen LogP contribution in [0, 0.1) is 17.3 Å². The first-order valence-electron chi connectivity index (χ1n) is 7.89. The standard InChI is InChI=1S/C16H31NO/c1-5-18-15-10-14(16(15,3)4)17-11-13-8-6-7-12(2)9-13/h12-15,17H,5-11H2,1-4H3. The van der Waals surface area contributed by atoms with E-state index in [-0.39, 0.29) is 0 Å². The van der Waals surface area contributed by atoms with Gasteiger partial charge in [-0.25, -0.2) is 0 Å². The summed E-state index contributed by atoms with van der Waals surface area (Å²) in [4.78, 5) is 0. The Morgan fingerprint density at radius 1 is 1.22 bits per heavy atom. The van der Waals surface area contributed by atoms with Crippen molar-refractivity contribution in [3.63, 3.8) is 0 Å².